The number of unbranched alkanes of at least 4 members (excludes halogenated alkanes) is 1. The molecular weight excluding hydrogens is 259 g/mol. The Bertz CT molecular complexity index is 359. The maximum Gasteiger partial charge on any atom is 0.488 e. The second-order valence-corrected chi connectivity index (χ2v) is 4.37. The number of ether oxygens (including phenoxy) is 3. The Morgan fingerprint density at radius 3 is 2.40 bits per heavy atom. The van der Waals surface area contributed by atoms with Gasteiger partial charge in [0.05, 0.1) is 19.8 Å². The Hall–Kier alpha value is -1.08. The summed E-state index contributed by atoms with van der Waals surface area (Å²) in [6.07, 6.45) is 2.21. The average molecular weight is 282 g/mol. The van der Waals surface area contributed by atoms with E-state index < -0.39 is 7.12 Å². The molecule has 0 amide bonds. The molecule has 0 aliphatic heterocycles. The molecule has 0 heterocycles. The summed E-state index contributed by atoms with van der Waals surface area (Å²) in [5.41, 5.74) is 0.410. The zero-order valence-corrected chi connectivity index (χ0v) is 12.0. The molecule has 1 rings (SSSR count). The van der Waals surface area contributed by atoms with E-state index in [9.17, 15) is 0 Å². The van der Waals surface area contributed by atoms with E-state index in [1.807, 2.05) is 0 Å². The first-order chi connectivity index (χ1) is 9.74. The predicted octanol–water partition coefficient (Wildman–Crippen LogP) is 0.579. The Labute approximate surface area is 120 Å². The predicted molar refractivity (Wildman–Crippen MR) is 78.3 cm³/mol. The van der Waals surface area contributed by atoms with Gasteiger partial charge < -0.3 is 24.3 Å². The molecule has 112 valence electrons. The number of benzene rings is 1. The summed E-state index contributed by atoms with van der Waals surface area (Å²) >= 11 is 0. The largest absolute Gasteiger partial charge is 0.491 e. The van der Waals surface area contributed by atoms with E-state index in [1.165, 1.54) is 0 Å². The Morgan fingerprint density at radius 2 is 1.70 bits per heavy atom. The zero-order valence-electron chi connectivity index (χ0n) is 12.0. The number of hydrogen-bond acceptors (Lipinski definition) is 5. The van der Waals surface area contributed by atoms with E-state index in [2.05, 4.69) is 6.92 Å². The summed E-state index contributed by atoms with van der Waals surface area (Å²) in [5, 5.41) is 18.1. The minimum absolute atomic E-state index is 0.410. The maximum absolute atomic E-state index is 9.04. The number of rotatable bonds is 11. The molecule has 0 spiro atoms. The molecule has 5 nitrogen and oxygen atoms in total. The van der Waals surface area contributed by atoms with Gasteiger partial charge in [-0.1, -0.05) is 25.5 Å². The molecule has 0 saturated heterocycles. The van der Waals surface area contributed by atoms with Gasteiger partial charge in [-0.05, 0) is 24.0 Å². The molecule has 0 saturated carbocycles. The van der Waals surface area contributed by atoms with Crippen molar-refractivity contribution in [2.24, 2.45) is 0 Å². The minimum Gasteiger partial charge on any atom is -0.491 e. The van der Waals surface area contributed by atoms with Crippen LogP contribution in [0.15, 0.2) is 24.3 Å². The lowest BCUT2D eigenvalue weighted by Crippen LogP contribution is -2.29. The van der Waals surface area contributed by atoms with Crippen molar-refractivity contribution in [1.29, 1.82) is 0 Å². The zero-order chi connectivity index (χ0) is 14.6. The number of hydrogen-bond donors (Lipinski definition) is 2. The first-order valence-corrected chi connectivity index (χ1v) is 6.98. The summed E-state index contributed by atoms with van der Waals surface area (Å²) in [4.78, 5) is 0. The van der Waals surface area contributed by atoms with Gasteiger partial charge in [-0.15, -0.1) is 0 Å². The van der Waals surface area contributed by atoms with E-state index in [-0.39, 0.29) is 0 Å². The summed E-state index contributed by atoms with van der Waals surface area (Å²) < 4.78 is 16.2. The highest BCUT2D eigenvalue weighted by Crippen LogP contribution is 2.07. The maximum atomic E-state index is 9.04. The van der Waals surface area contributed by atoms with Crippen molar-refractivity contribution in [2.45, 2.75) is 19.8 Å². The average Bonchev–Trinajstić information content (AvgIpc) is 2.46. The molecule has 0 radical (unpaired) electrons. The fourth-order valence-electron chi connectivity index (χ4n) is 1.55. The standard InChI is InChI=1S/C14H23BO5/c1-2-3-7-18-8-9-19-10-11-20-14-6-4-5-13(12-14)15(16)17/h4-6,12,16-17H,2-3,7-11H2,1H3. The molecule has 0 fully saturated rings. The van der Waals surface area contributed by atoms with Crippen LogP contribution in [0.25, 0.3) is 0 Å². The second-order valence-electron chi connectivity index (χ2n) is 4.37. The molecule has 1 aromatic carbocycles. The van der Waals surface area contributed by atoms with Gasteiger partial charge in [-0.3, -0.25) is 0 Å². The van der Waals surface area contributed by atoms with Gasteiger partial charge in [0.2, 0.25) is 0 Å². The summed E-state index contributed by atoms with van der Waals surface area (Å²) in [6.45, 7) is 4.96. The highest BCUT2D eigenvalue weighted by Gasteiger charge is 2.10. The van der Waals surface area contributed by atoms with E-state index in [0.29, 0.717) is 37.6 Å². The lowest BCUT2D eigenvalue weighted by Gasteiger charge is -2.08. The molecule has 2 N–H and O–H groups in total. The van der Waals surface area contributed by atoms with Crippen LogP contribution in [0.4, 0.5) is 0 Å². The normalized spacial score (nSPS) is 10.6. The molecule has 0 bridgehead atoms. The van der Waals surface area contributed by atoms with Gasteiger partial charge >= 0.3 is 7.12 Å². The molecule has 0 aliphatic carbocycles. The van der Waals surface area contributed by atoms with Crippen LogP contribution in [0.5, 0.6) is 5.75 Å². The minimum atomic E-state index is -1.48. The van der Waals surface area contributed by atoms with Crippen LogP contribution >= 0.6 is 0 Å². The molecule has 6 heteroatoms. The van der Waals surface area contributed by atoms with Crippen molar-refractivity contribution in [3.8, 4) is 5.75 Å². The third-order valence-corrected chi connectivity index (χ3v) is 2.67. The van der Waals surface area contributed by atoms with Gasteiger partial charge in [-0.2, -0.15) is 0 Å². The third-order valence-electron chi connectivity index (χ3n) is 2.67. The van der Waals surface area contributed by atoms with Gasteiger partial charge in [0.25, 0.3) is 0 Å². The molecule has 0 aliphatic rings. The van der Waals surface area contributed by atoms with Crippen LogP contribution < -0.4 is 10.2 Å². The van der Waals surface area contributed by atoms with Crippen molar-refractivity contribution in [3.63, 3.8) is 0 Å². The topological polar surface area (TPSA) is 68.2 Å². The van der Waals surface area contributed by atoms with Crippen molar-refractivity contribution < 1.29 is 24.3 Å². The molecule has 1 aromatic rings. The van der Waals surface area contributed by atoms with E-state index in [0.717, 1.165) is 19.4 Å². The van der Waals surface area contributed by atoms with Crippen LogP contribution in [0, 0.1) is 0 Å². The molecule has 0 unspecified atom stereocenters. The van der Waals surface area contributed by atoms with Gasteiger partial charge in [-0.25, -0.2) is 0 Å². The Kier molecular flexibility index (Phi) is 9.07. The fraction of sp³-hybridized carbons (Fsp3) is 0.571. The Morgan fingerprint density at radius 1 is 1.00 bits per heavy atom. The van der Waals surface area contributed by atoms with Crippen LogP contribution in [0.2, 0.25) is 0 Å². The SMILES string of the molecule is CCCCOCCOCCOc1cccc(B(O)O)c1. The molecule has 20 heavy (non-hydrogen) atoms. The van der Waals surface area contributed by atoms with Gasteiger partial charge in [0.15, 0.2) is 0 Å². The quantitative estimate of drug-likeness (QED) is 0.459. The summed E-state index contributed by atoms with van der Waals surface area (Å²) in [7, 11) is -1.48. The highest BCUT2D eigenvalue weighted by molar-refractivity contribution is 6.58. The van der Waals surface area contributed by atoms with E-state index in [1.54, 1.807) is 24.3 Å². The summed E-state index contributed by atoms with van der Waals surface area (Å²) in [5.74, 6) is 0.596. The lowest BCUT2D eigenvalue weighted by atomic mass is 9.80. The smallest absolute Gasteiger partial charge is 0.488 e. The first kappa shape index (κ1) is 17.0. The second kappa shape index (κ2) is 10.7. The first-order valence-electron chi connectivity index (χ1n) is 6.98. The van der Waals surface area contributed by atoms with Crippen LogP contribution in [0.3, 0.4) is 0 Å². The van der Waals surface area contributed by atoms with E-state index in [4.69, 9.17) is 24.3 Å². The molecule has 0 atom stereocenters. The lowest BCUT2D eigenvalue weighted by molar-refractivity contribution is 0.0356. The van der Waals surface area contributed by atoms with Gasteiger partial charge in [0.1, 0.15) is 12.4 Å². The Balaban J connectivity index is 2.05. The van der Waals surface area contributed by atoms with Crippen molar-refractivity contribution >= 4 is 12.6 Å². The van der Waals surface area contributed by atoms with Crippen LogP contribution in [-0.2, 0) is 9.47 Å². The van der Waals surface area contributed by atoms with Crippen LogP contribution in [0.1, 0.15) is 19.8 Å². The van der Waals surface area contributed by atoms with Crippen molar-refractivity contribution in [3.05, 3.63) is 24.3 Å². The third kappa shape index (κ3) is 7.50. The fourth-order valence-corrected chi connectivity index (χ4v) is 1.55. The van der Waals surface area contributed by atoms with Gasteiger partial charge in [0, 0.05) is 6.61 Å². The van der Waals surface area contributed by atoms with E-state index >= 15 is 0 Å². The molecular formula is C14H23BO5. The summed E-state index contributed by atoms with van der Waals surface area (Å²) in [6, 6.07) is 6.70. The van der Waals surface area contributed by atoms with Crippen molar-refractivity contribution in [2.75, 3.05) is 33.0 Å². The monoisotopic (exact) mass is 282 g/mol. The van der Waals surface area contributed by atoms with Crippen LogP contribution in [-0.4, -0.2) is 50.2 Å². The van der Waals surface area contributed by atoms with Crippen molar-refractivity contribution in [1.82, 2.24) is 0 Å². The molecule has 0 aromatic heterocycles. The highest BCUT2D eigenvalue weighted by atomic mass is 16.5.